The number of nitrogens with zero attached hydrogens (tertiary/aromatic N) is 4. The van der Waals surface area contributed by atoms with Crippen LogP contribution in [0.25, 0.3) is 0 Å². The summed E-state index contributed by atoms with van der Waals surface area (Å²) in [6, 6.07) is 0. The van der Waals surface area contributed by atoms with E-state index in [-0.39, 0.29) is 5.41 Å². The zero-order chi connectivity index (χ0) is 14.9. The van der Waals surface area contributed by atoms with E-state index in [1.54, 1.807) is 0 Å². The molecular weight excluding hydrogens is 248 g/mol. The van der Waals surface area contributed by atoms with Gasteiger partial charge in [-0.2, -0.15) is 0 Å². The van der Waals surface area contributed by atoms with Gasteiger partial charge in [-0.05, 0) is 20.3 Å². The molecule has 1 aromatic heterocycles. The standard InChI is InChI=1S/C16H24N4/c1-7-11(4)12-13-15(20-14(19-12)10(2)3)18-9-16(5,6)8-17-13/h8-11H,7H2,1-6H3. The number of aliphatic imine (C=N–C) groups is 2. The summed E-state index contributed by atoms with van der Waals surface area (Å²) in [6.45, 7) is 12.7. The molecule has 0 radical (unpaired) electrons. The summed E-state index contributed by atoms with van der Waals surface area (Å²) in [4.78, 5) is 18.5. The minimum atomic E-state index is -0.147. The normalized spacial score (nSPS) is 17.9. The van der Waals surface area contributed by atoms with Gasteiger partial charge < -0.3 is 0 Å². The fraction of sp³-hybridized carbons (Fsp3) is 0.625. The van der Waals surface area contributed by atoms with Crippen molar-refractivity contribution in [2.45, 2.75) is 59.8 Å². The summed E-state index contributed by atoms with van der Waals surface area (Å²) in [5, 5.41) is 0. The largest absolute Gasteiger partial charge is 0.254 e. The van der Waals surface area contributed by atoms with Gasteiger partial charge in [-0.25, -0.2) is 15.0 Å². The lowest BCUT2D eigenvalue weighted by molar-refractivity contribution is 0.679. The molecule has 4 nitrogen and oxygen atoms in total. The molecule has 20 heavy (non-hydrogen) atoms. The van der Waals surface area contributed by atoms with E-state index in [2.05, 4.69) is 56.5 Å². The van der Waals surface area contributed by atoms with E-state index in [0.717, 1.165) is 23.6 Å². The van der Waals surface area contributed by atoms with Crippen molar-refractivity contribution in [3.63, 3.8) is 0 Å². The smallest absolute Gasteiger partial charge is 0.181 e. The Bertz CT molecular complexity index is 556. The second kappa shape index (κ2) is 5.43. The fourth-order valence-electron chi connectivity index (χ4n) is 1.98. The van der Waals surface area contributed by atoms with Gasteiger partial charge in [-0.3, -0.25) is 4.99 Å². The first-order valence-electron chi connectivity index (χ1n) is 7.36. The third-order valence-corrected chi connectivity index (χ3v) is 3.55. The summed E-state index contributed by atoms with van der Waals surface area (Å²) < 4.78 is 0. The first kappa shape index (κ1) is 14.8. The minimum Gasteiger partial charge on any atom is -0.254 e. The molecule has 2 rings (SSSR count). The maximum absolute atomic E-state index is 4.75. The van der Waals surface area contributed by atoms with Gasteiger partial charge in [0.2, 0.25) is 0 Å². The molecule has 0 N–H and O–H groups in total. The maximum Gasteiger partial charge on any atom is 0.181 e. The van der Waals surface area contributed by atoms with Crippen LogP contribution in [0.4, 0.5) is 11.5 Å². The van der Waals surface area contributed by atoms with Crippen molar-refractivity contribution in [1.82, 2.24) is 9.97 Å². The summed E-state index contributed by atoms with van der Waals surface area (Å²) in [5.41, 5.74) is 1.71. The van der Waals surface area contributed by atoms with Crippen LogP contribution in [0.2, 0.25) is 0 Å². The second-order valence-corrected chi connectivity index (χ2v) is 6.44. The Balaban J connectivity index is 2.65. The number of aromatic nitrogens is 2. The number of rotatable bonds is 3. The fourth-order valence-corrected chi connectivity index (χ4v) is 1.98. The van der Waals surface area contributed by atoms with E-state index < -0.39 is 0 Å². The molecule has 1 unspecified atom stereocenters. The Labute approximate surface area is 121 Å². The Hall–Kier alpha value is -1.58. The van der Waals surface area contributed by atoms with Crippen LogP contribution in [0.15, 0.2) is 9.98 Å². The summed E-state index contributed by atoms with van der Waals surface area (Å²) in [6.07, 6.45) is 4.88. The molecular formula is C16H24N4. The maximum atomic E-state index is 4.75. The van der Waals surface area contributed by atoms with Gasteiger partial charge in [-0.1, -0.05) is 27.7 Å². The summed E-state index contributed by atoms with van der Waals surface area (Å²) in [7, 11) is 0. The minimum absolute atomic E-state index is 0.147. The molecule has 0 spiro atoms. The van der Waals surface area contributed by atoms with E-state index in [9.17, 15) is 0 Å². The molecule has 1 aliphatic rings. The van der Waals surface area contributed by atoms with Gasteiger partial charge in [-0.15, -0.1) is 0 Å². The predicted octanol–water partition coefficient (Wildman–Crippen LogP) is 4.56. The van der Waals surface area contributed by atoms with Gasteiger partial charge in [0.1, 0.15) is 11.5 Å². The van der Waals surface area contributed by atoms with Gasteiger partial charge in [0.15, 0.2) is 5.82 Å². The molecule has 108 valence electrons. The van der Waals surface area contributed by atoms with Gasteiger partial charge in [0, 0.05) is 29.7 Å². The van der Waals surface area contributed by atoms with Crippen molar-refractivity contribution < 1.29 is 0 Å². The highest BCUT2D eigenvalue weighted by Gasteiger charge is 2.22. The van der Waals surface area contributed by atoms with E-state index in [4.69, 9.17) is 4.98 Å². The van der Waals surface area contributed by atoms with E-state index in [0.29, 0.717) is 17.7 Å². The third-order valence-electron chi connectivity index (χ3n) is 3.55. The highest BCUT2D eigenvalue weighted by Crippen LogP contribution is 2.37. The van der Waals surface area contributed by atoms with Crippen LogP contribution < -0.4 is 0 Å². The van der Waals surface area contributed by atoms with Crippen molar-refractivity contribution in [3.8, 4) is 0 Å². The SMILES string of the molecule is CCC(C)c1nc(C(C)C)nc2c1N=CC(C)(C)C=N2. The lowest BCUT2D eigenvalue weighted by atomic mass is 9.98. The van der Waals surface area contributed by atoms with E-state index >= 15 is 0 Å². The summed E-state index contributed by atoms with van der Waals surface area (Å²) in [5.74, 6) is 2.21. The molecule has 2 heterocycles. The molecule has 1 aromatic rings. The van der Waals surface area contributed by atoms with Crippen LogP contribution >= 0.6 is 0 Å². The molecule has 0 saturated heterocycles. The first-order valence-corrected chi connectivity index (χ1v) is 7.36. The second-order valence-electron chi connectivity index (χ2n) is 6.44. The zero-order valence-corrected chi connectivity index (χ0v) is 13.3. The molecule has 0 saturated carbocycles. The van der Waals surface area contributed by atoms with Crippen LogP contribution in [0.3, 0.4) is 0 Å². The lowest BCUT2D eigenvalue weighted by Gasteiger charge is -2.15. The van der Waals surface area contributed by atoms with Crippen molar-refractivity contribution in [1.29, 1.82) is 0 Å². The quantitative estimate of drug-likeness (QED) is 0.810. The van der Waals surface area contributed by atoms with Crippen LogP contribution in [0.5, 0.6) is 0 Å². The van der Waals surface area contributed by atoms with Crippen molar-refractivity contribution in [3.05, 3.63) is 11.5 Å². The monoisotopic (exact) mass is 272 g/mol. The van der Waals surface area contributed by atoms with Crippen molar-refractivity contribution >= 4 is 23.9 Å². The van der Waals surface area contributed by atoms with Crippen LogP contribution in [0, 0.1) is 5.41 Å². The number of hydrogen-bond acceptors (Lipinski definition) is 4. The van der Waals surface area contributed by atoms with Crippen LogP contribution in [-0.4, -0.2) is 22.4 Å². The van der Waals surface area contributed by atoms with Gasteiger partial charge >= 0.3 is 0 Å². The Morgan fingerprint density at radius 3 is 2.30 bits per heavy atom. The first-order chi connectivity index (χ1) is 9.34. The molecule has 0 bridgehead atoms. The zero-order valence-electron chi connectivity index (χ0n) is 13.3. The Morgan fingerprint density at radius 2 is 1.70 bits per heavy atom. The Kier molecular flexibility index (Phi) is 4.02. The molecule has 0 aliphatic carbocycles. The van der Waals surface area contributed by atoms with E-state index in [1.165, 1.54) is 0 Å². The van der Waals surface area contributed by atoms with Crippen LogP contribution in [-0.2, 0) is 0 Å². The summed E-state index contributed by atoms with van der Waals surface area (Å²) >= 11 is 0. The molecule has 1 atom stereocenters. The molecule has 0 amide bonds. The average molecular weight is 272 g/mol. The van der Waals surface area contributed by atoms with Crippen molar-refractivity contribution in [2.75, 3.05) is 0 Å². The number of fused-ring (bicyclic) bond motifs is 1. The number of hydrogen-bond donors (Lipinski definition) is 0. The van der Waals surface area contributed by atoms with Gasteiger partial charge in [0.25, 0.3) is 0 Å². The lowest BCUT2D eigenvalue weighted by Crippen LogP contribution is -2.13. The molecule has 0 aromatic carbocycles. The van der Waals surface area contributed by atoms with Gasteiger partial charge in [0.05, 0.1) is 5.69 Å². The molecule has 1 aliphatic heterocycles. The topological polar surface area (TPSA) is 50.5 Å². The Morgan fingerprint density at radius 1 is 1.05 bits per heavy atom. The van der Waals surface area contributed by atoms with Crippen molar-refractivity contribution in [2.24, 2.45) is 15.4 Å². The average Bonchev–Trinajstić information content (AvgIpc) is 2.56. The van der Waals surface area contributed by atoms with Crippen LogP contribution in [0.1, 0.15) is 71.3 Å². The predicted molar refractivity (Wildman–Crippen MR) is 84.9 cm³/mol. The highest BCUT2D eigenvalue weighted by molar-refractivity contribution is 5.93. The van der Waals surface area contributed by atoms with E-state index in [1.807, 2.05) is 12.4 Å². The third kappa shape index (κ3) is 2.94. The molecule has 4 heteroatoms. The highest BCUT2D eigenvalue weighted by atomic mass is 15.0. The molecule has 0 fully saturated rings.